The van der Waals surface area contributed by atoms with Crippen molar-refractivity contribution in [3.05, 3.63) is 24.3 Å². The second kappa shape index (κ2) is 3.68. The third-order valence-corrected chi connectivity index (χ3v) is 1.62. The summed E-state index contributed by atoms with van der Waals surface area (Å²) in [6.07, 6.45) is 5.14. The molecule has 0 unspecified atom stereocenters. The number of benzene rings is 1. The molecule has 0 aliphatic rings. The molecule has 0 spiro atoms. The number of nitrogens with zero attached hydrogens (tertiary/aromatic N) is 1. The molecular formula is C10H11NO. The van der Waals surface area contributed by atoms with E-state index in [0.29, 0.717) is 6.54 Å². The van der Waals surface area contributed by atoms with Crippen LogP contribution in [0.25, 0.3) is 0 Å². The summed E-state index contributed by atoms with van der Waals surface area (Å²) in [5.41, 5.74) is 0.760. The van der Waals surface area contributed by atoms with Gasteiger partial charge < -0.3 is 10.0 Å². The maximum Gasteiger partial charge on any atom is 0.138 e. The molecule has 0 atom stereocenters. The van der Waals surface area contributed by atoms with E-state index in [0.717, 1.165) is 5.69 Å². The Morgan fingerprint density at radius 3 is 2.75 bits per heavy atom. The SMILES string of the molecule is C#CCN(C)c1ccccc1O. The molecule has 1 N–H and O–H groups in total. The van der Waals surface area contributed by atoms with Gasteiger partial charge in [0.15, 0.2) is 0 Å². The van der Waals surface area contributed by atoms with Crippen LogP contribution in [0.15, 0.2) is 24.3 Å². The number of terminal acetylenes is 1. The molecule has 12 heavy (non-hydrogen) atoms. The van der Waals surface area contributed by atoms with Gasteiger partial charge in [-0.05, 0) is 12.1 Å². The first kappa shape index (κ1) is 8.48. The fraction of sp³-hybridized carbons (Fsp3) is 0.200. The van der Waals surface area contributed by atoms with E-state index in [2.05, 4.69) is 5.92 Å². The number of hydrogen-bond donors (Lipinski definition) is 1. The van der Waals surface area contributed by atoms with E-state index in [1.165, 1.54) is 0 Å². The molecule has 2 nitrogen and oxygen atoms in total. The van der Waals surface area contributed by atoms with Crippen molar-refractivity contribution < 1.29 is 5.11 Å². The minimum atomic E-state index is 0.259. The predicted octanol–water partition coefficient (Wildman–Crippen LogP) is 1.46. The minimum Gasteiger partial charge on any atom is -0.506 e. The van der Waals surface area contributed by atoms with Gasteiger partial charge in [0.1, 0.15) is 5.75 Å². The summed E-state index contributed by atoms with van der Waals surface area (Å²) in [6, 6.07) is 7.11. The van der Waals surface area contributed by atoms with Crippen molar-refractivity contribution in [2.45, 2.75) is 0 Å². The van der Waals surface area contributed by atoms with Crippen LogP contribution in [-0.2, 0) is 0 Å². The second-order valence-corrected chi connectivity index (χ2v) is 2.55. The van der Waals surface area contributed by atoms with E-state index in [1.54, 1.807) is 12.1 Å². The van der Waals surface area contributed by atoms with Crippen LogP contribution in [0.3, 0.4) is 0 Å². The molecule has 0 radical (unpaired) electrons. The second-order valence-electron chi connectivity index (χ2n) is 2.55. The van der Waals surface area contributed by atoms with Gasteiger partial charge in [0, 0.05) is 7.05 Å². The Bertz CT molecular complexity index is 301. The number of phenolic OH excluding ortho intramolecular Hbond substituents is 1. The molecule has 0 bridgehead atoms. The minimum absolute atomic E-state index is 0.259. The lowest BCUT2D eigenvalue weighted by atomic mass is 10.3. The standard InChI is InChI=1S/C10H11NO/c1-3-8-11(2)9-6-4-5-7-10(9)12/h1,4-7,12H,8H2,2H3. The van der Waals surface area contributed by atoms with Crippen LogP contribution in [0.2, 0.25) is 0 Å². The largest absolute Gasteiger partial charge is 0.506 e. The van der Waals surface area contributed by atoms with Crippen LogP contribution < -0.4 is 4.90 Å². The summed E-state index contributed by atoms with van der Waals surface area (Å²) < 4.78 is 0. The highest BCUT2D eigenvalue weighted by molar-refractivity contribution is 5.57. The summed E-state index contributed by atoms with van der Waals surface area (Å²) >= 11 is 0. The number of hydrogen-bond acceptors (Lipinski definition) is 2. The summed E-state index contributed by atoms with van der Waals surface area (Å²) in [5.74, 6) is 2.77. The van der Waals surface area contributed by atoms with Gasteiger partial charge in [0.2, 0.25) is 0 Å². The van der Waals surface area contributed by atoms with Crippen molar-refractivity contribution in [2.75, 3.05) is 18.5 Å². The van der Waals surface area contributed by atoms with Crippen molar-refractivity contribution in [3.8, 4) is 18.1 Å². The molecule has 0 aromatic heterocycles. The van der Waals surface area contributed by atoms with E-state index in [4.69, 9.17) is 6.42 Å². The van der Waals surface area contributed by atoms with Gasteiger partial charge in [-0.3, -0.25) is 0 Å². The number of aromatic hydroxyl groups is 1. The molecule has 0 aliphatic carbocycles. The predicted molar refractivity (Wildman–Crippen MR) is 50.2 cm³/mol. The van der Waals surface area contributed by atoms with E-state index >= 15 is 0 Å². The molecule has 1 aromatic rings. The first-order valence-corrected chi connectivity index (χ1v) is 3.68. The van der Waals surface area contributed by atoms with Gasteiger partial charge in [-0.2, -0.15) is 0 Å². The zero-order valence-corrected chi connectivity index (χ0v) is 6.99. The molecule has 1 aromatic carbocycles. The van der Waals surface area contributed by atoms with Crippen molar-refractivity contribution in [1.82, 2.24) is 0 Å². The van der Waals surface area contributed by atoms with Crippen molar-refractivity contribution in [1.29, 1.82) is 0 Å². The van der Waals surface area contributed by atoms with Crippen molar-refractivity contribution in [3.63, 3.8) is 0 Å². The zero-order valence-electron chi connectivity index (χ0n) is 6.99. The Hall–Kier alpha value is -1.62. The fourth-order valence-corrected chi connectivity index (χ4v) is 1.01. The van der Waals surface area contributed by atoms with Crippen LogP contribution >= 0.6 is 0 Å². The Morgan fingerprint density at radius 2 is 2.17 bits per heavy atom. The van der Waals surface area contributed by atoms with E-state index in [-0.39, 0.29) is 5.75 Å². The molecular weight excluding hydrogens is 150 g/mol. The lowest BCUT2D eigenvalue weighted by molar-refractivity contribution is 0.475. The maximum absolute atomic E-state index is 9.40. The van der Waals surface area contributed by atoms with Crippen LogP contribution in [0.5, 0.6) is 5.75 Å². The molecule has 62 valence electrons. The summed E-state index contributed by atoms with van der Waals surface area (Å²) in [7, 11) is 1.84. The van der Waals surface area contributed by atoms with E-state index < -0.39 is 0 Å². The van der Waals surface area contributed by atoms with Gasteiger partial charge in [-0.1, -0.05) is 18.1 Å². The fourth-order valence-electron chi connectivity index (χ4n) is 1.01. The van der Waals surface area contributed by atoms with Crippen molar-refractivity contribution >= 4 is 5.69 Å². The molecule has 0 aliphatic heterocycles. The average Bonchev–Trinajstić information content (AvgIpc) is 2.05. The highest BCUT2D eigenvalue weighted by Crippen LogP contribution is 2.24. The molecule has 0 heterocycles. The quantitative estimate of drug-likeness (QED) is 0.664. The molecule has 2 heteroatoms. The Labute approximate surface area is 72.4 Å². The summed E-state index contributed by atoms with van der Waals surface area (Å²) in [4.78, 5) is 1.81. The van der Waals surface area contributed by atoms with Gasteiger partial charge in [-0.25, -0.2) is 0 Å². The van der Waals surface area contributed by atoms with Crippen LogP contribution in [0, 0.1) is 12.3 Å². The van der Waals surface area contributed by atoms with Gasteiger partial charge >= 0.3 is 0 Å². The Balaban J connectivity index is 2.88. The highest BCUT2D eigenvalue weighted by atomic mass is 16.3. The third kappa shape index (κ3) is 1.70. The van der Waals surface area contributed by atoms with Crippen LogP contribution in [-0.4, -0.2) is 18.7 Å². The zero-order chi connectivity index (χ0) is 8.97. The summed E-state index contributed by atoms with van der Waals surface area (Å²) in [6.45, 7) is 0.498. The Kier molecular flexibility index (Phi) is 2.60. The maximum atomic E-state index is 9.40. The highest BCUT2D eigenvalue weighted by Gasteiger charge is 2.02. The van der Waals surface area contributed by atoms with Crippen molar-refractivity contribution in [2.24, 2.45) is 0 Å². The smallest absolute Gasteiger partial charge is 0.138 e. The number of rotatable bonds is 2. The normalized spacial score (nSPS) is 9.00. The van der Waals surface area contributed by atoms with Gasteiger partial charge in [-0.15, -0.1) is 6.42 Å². The monoisotopic (exact) mass is 161 g/mol. The Morgan fingerprint density at radius 1 is 1.50 bits per heavy atom. The molecule has 0 saturated carbocycles. The van der Waals surface area contributed by atoms with Gasteiger partial charge in [0.25, 0.3) is 0 Å². The topological polar surface area (TPSA) is 23.5 Å². The van der Waals surface area contributed by atoms with E-state index in [9.17, 15) is 5.11 Å². The van der Waals surface area contributed by atoms with Crippen LogP contribution in [0.1, 0.15) is 0 Å². The third-order valence-electron chi connectivity index (χ3n) is 1.62. The van der Waals surface area contributed by atoms with Crippen LogP contribution in [0.4, 0.5) is 5.69 Å². The molecule has 0 fully saturated rings. The average molecular weight is 161 g/mol. The molecule has 0 amide bonds. The van der Waals surface area contributed by atoms with E-state index in [1.807, 2.05) is 24.1 Å². The summed E-state index contributed by atoms with van der Waals surface area (Å²) in [5, 5.41) is 9.40. The molecule has 1 rings (SSSR count). The lowest BCUT2D eigenvalue weighted by Gasteiger charge is -2.16. The van der Waals surface area contributed by atoms with Gasteiger partial charge in [0.05, 0.1) is 12.2 Å². The lowest BCUT2D eigenvalue weighted by Crippen LogP contribution is -2.16. The number of para-hydroxylation sites is 2. The number of anilines is 1. The first-order chi connectivity index (χ1) is 5.75. The number of phenols is 1. The molecule has 0 saturated heterocycles. The first-order valence-electron chi connectivity index (χ1n) is 3.68.